The molecule has 1 aromatic carbocycles. The second-order valence-corrected chi connectivity index (χ2v) is 12.1. The Balaban J connectivity index is 1.32. The van der Waals surface area contributed by atoms with Crippen molar-refractivity contribution in [1.29, 1.82) is 0 Å². The van der Waals surface area contributed by atoms with Crippen molar-refractivity contribution in [1.82, 2.24) is 19.1 Å². The molecule has 0 bridgehead atoms. The number of nitrogens with zero attached hydrogens (tertiary/aromatic N) is 4. The first kappa shape index (κ1) is 29.9. The molecule has 3 N–H and O–H groups in total. The van der Waals surface area contributed by atoms with Gasteiger partial charge in [0.1, 0.15) is 18.0 Å². The molecule has 218 valence electrons. The van der Waals surface area contributed by atoms with Crippen molar-refractivity contribution < 1.29 is 9.47 Å². The number of rotatable bonds is 16. The summed E-state index contributed by atoms with van der Waals surface area (Å²) in [7, 11) is 3.75. The number of fused-ring (bicyclic) bond motifs is 2. The second-order valence-electron chi connectivity index (χ2n) is 12.1. The van der Waals surface area contributed by atoms with Crippen molar-refractivity contribution in [2.75, 3.05) is 19.1 Å². The number of benzene rings is 1. The van der Waals surface area contributed by atoms with Gasteiger partial charge >= 0.3 is 0 Å². The monoisotopic (exact) mass is 548 g/mol. The largest absolute Gasteiger partial charge is 0.497 e. The van der Waals surface area contributed by atoms with E-state index in [0.29, 0.717) is 18.0 Å². The first-order valence-electron chi connectivity index (χ1n) is 14.8. The van der Waals surface area contributed by atoms with Gasteiger partial charge in [0.05, 0.1) is 19.0 Å². The number of ether oxygens (including phenoxy) is 2. The maximum absolute atomic E-state index is 6.19. The first-order chi connectivity index (χ1) is 19.3. The molecule has 0 fully saturated rings. The van der Waals surface area contributed by atoms with Gasteiger partial charge in [0.25, 0.3) is 0 Å². The van der Waals surface area contributed by atoms with Gasteiger partial charge in [-0.1, -0.05) is 72.1 Å². The van der Waals surface area contributed by atoms with Crippen molar-refractivity contribution in [3.63, 3.8) is 0 Å². The number of hydrogen-bond donors (Lipinski definition) is 2. The van der Waals surface area contributed by atoms with Gasteiger partial charge in [0.15, 0.2) is 11.5 Å². The fourth-order valence-corrected chi connectivity index (χ4v) is 5.40. The third-order valence-corrected chi connectivity index (χ3v) is 7.66. The standard InChI is InChI=1S/C32H48N6O2/c1-32(2,3)17-13-11-9-7-6-8-10-12-14-18-40-23-38-29(20-27-31(38)34-21-30(35-27)36-33)26-22-37(4)28-16-15-24(39-5)19-25(26)28/h15-16,19-22H,6-14,17-18,23,33H2,1-5H3,(H,35,36). The number of nitrogens with one attached hydrogen (secondary N) is 1. The van der Waals surface area contributed by atoms with E-state index in [1.54, 1.807) is 13.3 Å². The Morgan fingerprint density at radius 3 is 2.33 bits per heavy atom. The Morgan fingerprint density at radius 1 is 0.950 bits per heavy atom. The minimum absolute atomic E-state index is 0.415. The van der Waals surface area contributed by atoms with Gasteiger partial charge in [-0.3, -0.25) is 4.57 Å². The molecule has 0 saturated carbocycles. The van der Waals surface area contributed by atoms with E-state index in [9.17, 15) is 0 Å². The molecule has 0 aliphatic heterocycles. The van der Waals surface area contributed by atoms with E-state index in [2.05, 4.69) is 76.7 Å². The lowest BCUT2D eigenvalue weighted by atomic mass is 9.89. The van der Waals surface area contributed by atoms with Crippen LogP contribution in [0.2, 0.25) is 0 Å². The molecule has 0 spiro atoms. The molecule has 4 aromatic rings. The van der Waals surface area contributed by atoms with Gasteiger partial charge < -0.3 is 19.5 Å². The molecule has 0 saturated heterocycles. The quantitative estimate of drug-likeness (QED) is 0.0843. The van der Waals surface area contributed by atoms with Gasteiger partial charge in [0.2, 0.25) is 0 Å². The summed E-state index contributed by atoms with van der Waals surface area (Å²) < 4.78 is 15.9. The third-order valence-electron chi connectivity index (χ3n) is 7.66. The number of anilines is 1. The Hall–Kier alpha value is -3.10. The lowest BCUT2D eigenvalue weighted by Crippen LogP contribution is -2.09. The topological polar surface area (TPSA) is 92.2 Å². The molecule has 3 heterocycles. The van der Waals surface area contributed by atoms with E-state index < -0.39 is 0 Å². The third kappa shape index (κ3) is 7.76. The predicted octanol–water partition coefficient (Wildman–Crippen LogP) is 7.81. The number of aromatic nitrogens is 4. The molecule has 8 heteroatoms. The van der Waals surface area contributed by atoms with Gasteiger partial charge in [0, 0.05) is 36.3 Å². The van der Waals surface area contributed by atoms with Crippen LogP contribution in [0.5, 0.6) is 5.75 Å². The summed E-state index contributed by atoms with van der Waals surface area (Å²) in [5.74, 6) is 6.96. The van der Waals surface area contributed by atoms with Gasteiger partial charge in [-0.2, -0.15) is 0 Å². The average molecular weight is 549 g/mol. The summed E-state index contributed by atoms with van der Waals surface area (Å²) in [6.45, 7) is 8.15. The van der Waals surface area contributed by atoms with E-state index in [1.165, 1.54) is 57.8 Å². The fraction of sp³-hybridized carbons (Fsp3) is 0.562. The van der Waals surface area contributed by atoms with Crippen molar-refractivity contribution >= 4 is 27.9 Å². The van der Waals surface area contributed by atoms with Crippen LogP contribution in [0.15, 0.2) is 36.7 Å². The molecule has 0 aliphatic carbocycles. The molecule has 0 radical (unpaired) electrons. The van der Waals surface area contributed by atoms with Gasteiger partial charge in [-0.15, -0.1) is 0 Å². The van der Waals surface area contributed by atoms with E-state index in [0.717, 1.165) is 52.1 Å². The van der Waals surface area contributed by atoms with E-state index in [4.69, 9.17) is 15.3 Å². The Bertz CT molecular complexity index is 1370. The maximum Gasteiger partial charge on any atom is 0.161 e. The normalized spacial score (nSPS) is 12.1. The summed E-state index contributed by atoms with van der Waals surface area (Å²) in [4.78, 5) is 9.29. The molecule has 8 nitrogen and oxygen atoms in total. The summed E-state index contributed by atoms with van der Waals surface area (Å²) in [6, 6.07) is 8.21. The highest BCUT2D eigenvalue weighted by molar-refractivity contribution is 5.98. The Labute approximate surface area is 239 Å². The van der Waals surface area contributed by atoms with Crippen molar-refractivity contribution in [2.45, 2.75) is 91.7 Å². The predicted molar refractivity (Wildman–Crippen MR) is 165 cm³/mol. The molecule has 0 aliphatic rings. The minimum Gasteiger partial charge on any atom is -0.497 e. The van der Waals surface area contributed by atoms with E-state index in [-0.39, 0.29) is 0 Å². The Morgan fingerprint density at radius 2 is 1.65 bits per heavy atom. The number of aryl methyl sites for hydroxylation is 1. The number of hydrazine groups is 1. The number of methoxy groups -OCH3 is 1. The number of nitrogens with two attached hydrogens (primary N) is 1. The molecule has 3 aromatic heterocycles. The fourth-order valence-electron chi connectivity index (χ4n) is 5.40. The molecule has 40 heavy (non-hydrogen) atoms. The zero-order valence-electron chi connectivity index (χ0n) is 25.1. The van der Waals surface area contributed by atoms with Crippen LogP contribution in [0.25, 0.3) is 33.3 Å². The smallest absolute Gasteiger partial charge is 0.161 e. The highest BCUT2D eigenvalue weighted by atomic mass is 16.5. The maximum atomic E-state index is 6.19. The summed E-state index contributed by atoms with van der Waals surface area (Å²) >= 11 is 0. The summed E-state index contributed by atoms with van der Waals surface area (Å²) in [6.07, 6.45) is 16.8. The first-order valence-corrected chi connectivity index (χ1v) is 14.8. The number of unbranched alkanes of at least 4 members (excludes halogenated alkanes) is 8. The molecule has 0 amide bonds. The molecule has 4 rings (SSSR count). The zero-order chi connectivity index (χ0) is 28.5. The zero-order valence-corrected chi connectivity index (χ0v) is 25.1. The lowest BCUT2D eigenvalue weighted by Gasteiger charge is -2.17. The number of hydrogen-bond acceptors (Lipinski definition) is 6. The van der Waals surface area contributed by atoms with Crippen LogP contribution >= 0.6 is 0 Å². The van der Waals surface area contributed by atoms with Crippen LogP contribution in [0.3, 0.4) is 0 Å². The summed E-state index contributed by atoms with van der Waals surface area (Å²) in [5.41, 5.74) is 7.84. The van der Waals surface area contributed by atoms with Crippen molar-refractivity contribution in [3.05, 3.63) is 36.7 Å². The molecule has 0 atom stereocenters. The van der Waals surface area contributed by atoms with Crippen LogP contribution in [0, 0.1) is 5.41 Å². The van der Waals surface area contributed by atoms with Crippen LogP contribution in [-0.4, -0.2) is 32.8 Å². The summed E-state index contributed by atoms with van der Waals surface area (Å²) in [5, 5.41) is 1.11. The highest BCUT2D eigenvalue weighted by Crippen LogP contribution is 2.35. The highest BCUT2D eigenvalue weighted by Gasteiger charge is 2.18. The van der Waals surface area contributed by atoms with Crippen LogP contribution in [-0.2, 0) is 18.5 Å². The van der Waals surface area contributed by atoms with Gasteiger partial charge in [-0.25, -0.2) is 15.8 Å². The number of nitrogen functional groups attached to an aromatic ring is 1. The van der Waals surface area contributed by atoms with Crippen molar-refractivity contribution in [3.8, 4) is 17.0 Å². The SMILES string of the molecule is COc1ccc2c(c1)c(-c1cc3nc(NN)cnc3n1COCCCCCCCCCCCC(C)(C)C)cn2C. The van der Waals surface area contributed by atoms with Crippen LogP contribution in [0.1, 0.15) is 85.0 Å². The van der Waals surface area contributed by atoms with Gasteiger partial charge in [-0.05, 0) is 42.5 Å². The molecule has 0 unspecified atom stereocenters. The molecular formula is C32H48N6O2. The minimum atomic E-state index is 0.415. The Kier molecular flexibility index (Phi) is 10.5. The van der Waals surface area contributed by atoms with Crippen LogP contribution in [0.4, 0.5) is 5.82 Å². The second kappa shape index (κ2) is 14.0. The van der Waals surface area contributed by atoms with E-state index >= 15 is 0 Å². The molecular weight excluding hydrogens is 500 g/mol. The van der Waals surface area contributed by atoms with Crippen LogP contribution < -0.4 is 16.0 Å². The lowest BCUT2D eigenvalue weighted by molar-refractivity contribution is 0.0773. The van der Waals surface area contributed by atoms with Crippen molar-refractivity contribution in [2.24, 2.45) is 18.3 Å². The van der Waals surface area contributed by atoms with E-state index in [1.807, 2.05) is 6.07 Å². The average Bonchev–Trinajstić information content (AvgIpc) is 3.46.